The number of rotatable bonds is 6. The van der Waals surface area contributed by atoms with Gasteiger partial charge in [-0.15, -0.1) is 0 Å². The van der Waals surface area contributed by atoms with Crippen molar-refractivity contribution in [2.24, 2.45) is 5.92 Å². The third kappa shape index (κ3) is 7.42. The molecule has 2 N–H and O–H groups in total. The first-order valence-corrected chi connectivity index (χ1v) is 9.31. The van der Waals surface area contributed by atoms with Gasteiger partial charge in [-0.2, -0.15) is 8.42 Å². The monoisotopic (exact) mass is 337 g/mol. The molecule has 1 saturated carbocycles. The average molecular weight is 337 g/mol. The van der Waals surface area contributed by atoms with Gasteiger partial charge in [-0.1, -0.05) is 6.42 Å². The van der Waals surface area contributed by atoms with Gasteiger partial charge < -0.3 is 15.2 Å². The molecule has 1 aliphatic rings. The van der Waals surface area contributed by atoms with Crippen molar-refractivity contribution < 1.29 is 27.2 Å². The predicted molar refractivity (Wildman–Crippen MR) is 81.9 cm³/mol. The van der Waals surface area contributed by atoms with Crippen molar-refractivity contribution in [2.75, 3.05) is 12.9 Å². The van der Waals surface area contributed by atoms with Crippen molar-refractivity contribution in [2.45, 2.75) is 64.2 Å². The van der Waals surface area contributed by atoms with Gasteiger partial charge in [0.05, 0.1) is 19.0 Å². The fourth-order valence-electron chi connectivity index (χ4n) is 2.62. The van der Waals surface area contributed by atoms with Gasteiger partial charge in [0.1, 0.15) is 5.60 Å². The van der Waals surface area contributed by atoms with Crippen LogP contribution in [0.3, 0.4) is 0 Å². The Balaban J connectivity index is 2.63. The molecule has 0 aromatic heterocycles. The minimum Gasteiger partial charge on any atom is -0.444 e. The number of aliphatic hydroxyl groups is 1. The molecule has 0 unspecified atom stereocenters. The van der Waals surface area contributed by atoms with Crippen LogP contribution in [0.1, 0.15) is 46.5 Å². The molecule has 1 fully saturated rings. The van der Waals surface area contributed by atoms with Crippen LogP contribution >= 0.6 is 0 Å². The van der Waals surface area contributed by atoms with Crippen molar-refractivity contribution >= 4 is 16.2 Å². The highest BCUT2D eigenvalue weighted by Crippen LogP contribution is 2.30. The van der Waals surface area contributed by atoms with Gasteiger partial charge in [0.15, 0.2) is 0 Å². The van der Waals surface area contributed by atoms with Gasteiger partial charge in [-0.3, -0.25) is 4.18 Å². The normalized spacial score (nSPS) is 24.0. The van der Waals surface area contributed by atoms with Crippen molar-refractivity contribution in [3.8, 4) is 0 Å². The van der Waals surface area contributed by atoms with E-state index in [4.69, 9.17) is 8.92 Å². The molecule has 0 radical (unpaired) electrons. The number of aliphatic hydroxyl groups excluding tert-OH is 1. The molecule has 130 valence electrons. The molecule has 0 aromatic rings. The Bertz CT molecular complexity index is 470. The summed E-state index contributed by atoms with van der Waals surface area (Å²) in [6.07, 6.45) is 2.55. The van der Waals surface area contributed by atoms with Gasteiger partial charge in [-0.05, 0) is 40.0 Å². The Morgan fingerprint density at radius 3 is 2.45 bits per heavy atom. The smallest absolute Gasteiger partial charge is 0.407 e. The van der Waals surface area contributed by atoms with E-state index in [0.717, 1.165) is 19.1 Å². The van der Waals surface area contributed by atoms with Crippen LogP contribution in [0.2, 0.25) is 0 Å². The standard InChI is InChI=1S/C14H27NO6S/c1-14(2,3)21-13(17)15-11(8-9-20-22(4,18)19)10-6-5-7-12(10)16/h10-12,16H,5-9H2,1-4H3,(H,15,17)/t10-,11+,12-/m1/s1. The van der Waals surface area contributed by atoms with Crippen LogP contribution in [0.4, 0.5) is 4.79 Å². The quantitative estimate of drug-likeness (QED) is 0.711. The fourth-order valence-corrected chi connectivity index (χ4v) is 3.02. The maximum Gasteiger partial charge on any atom is 0.407 e. The lowest BCUT2D eigenvalue weighted by atomic mass is 9.94. The van der Waals surface area contributed by atoms with Gasteiger partial charge >= 0.3 is 6.09 Å². The molecule has 0 bridgehead atoms. The Morgan fingerprint density at radius 2 is 2.00 bits per heavy atom. The predicted octanol–water partition coefficient (Wildman–Crippen LogP) is 1.41. The number of hydrogen-bond donors (Lipinski definition) is 2. The number of hydrogen-bond acceptors (Lipinski definition) is 6. The Labute approximate surface area is 132 Å². The van der Waals surface area contributed by atoms with Crippen molar-refractivity contribution in [1.82, 2.24) is 5.32 Å². The summed E-state index contributed by atoms with van der Waals surface area (Å²) in [6.45, 7) is 5.25. The molecule has 0 aliphatic heterocycles. The number of nitrogens with one attached hydrogen (secondary N) is 1. The molecule has 0 heterocycles. The molecule has 7 nitrogen and oxygen atoms in total. The van der Waals surface area contributed by atoms with E-state index < -0.39 is 27.9 Å². The second-order valence-corrected chi connectivity index (χ2v) is 8.37. The molecular formula is C14H27NO6S. The summed E-state index contributed by atoms with van der Waals surface area (Å²) in [4.78, 5) is 11.9. The zero-order valence-electron chi connectivity index (χ0n) is 13.7. The average Bonchev–Trinajstić information content (AvgIpc) is 2.70. The van der Waals surface area contributed by atoms with E-state index in [9.17, 15) is 18.3 Å². The Hall–Kier alpha value is -0.860. The largest absolute Gasteiger partial charge is 0.444 e. The summed E-state index contributed by atoms with van der Waals surface area (Å²) >= 11 is 0. The summed E-state index contributed by atoms with van der Waals surface area (Å²) < 4.78 is 32.0. The van der Waals surface area contributed by atoms with E-state index in [2.05, 4.69) is 5.32 Å². The highest BCUT2D eigenvalue weighted by atomic mass is 32.2. The molecule has 0 aromatic carbocycles. The van der Waals surface area contributed by atoms with Crippen LogP contribution in [0.15, 0.2) is 0 Å². The maximum atomic E-state index is 11.9. The minimum absolute atomic E-state index is 0.0392. The van der Waals surface area contributed by atoms with Gasteiger partial charge in [0.25, 0.3) is 10.1 Å². The molecular weight excluding hydrogens is 310 g/mol. The van der Waals surface area contributed by atoms with Crippen LogP contribution in [-0.4, -0.2) is 50.2 Å². The molecule has 0 spiro atoms. The van der Waals surface area contributed by atoms with Crippen molar-refractivity contribution in [3.63, 3.8) is 0 Å². The van der Waals surface area contributed by atoms with Crippen molar-refractivity contribution in [1.29, 1.82) is 0 Å². The highest BCUT2D eigenvalue weighted by Gasteiger charge is 2.34. The SMILES string of the molecule is CC(C)(C)OC(=O)N[C@@H](CCOS(C)(=O)=O)[C@H]1CCC[C@H]1O. The second-order valence-electron chi connectivity index (χ2n) is 6.73. The van der Waals surface area contributed by atoms with Crippen LogP contribution in [0.5, 0.6) is 0 Å². The molecule has 22 heavy (non-hydrogen) atoms. The summed E-state index contributed by atoms with van der Waals surface area (Å²) in [7, 11) is -3.52. The fraction of sp³-hybridized carbons (Fsp3) is 0.929. The lowest BCUT2D eigenvalue weighted by Gasteiger charge is -2.28. The lowest BCUT2D eigenvalue weighted by molar-refractivity contribution is 0.0425. The number of ether oxygens (including phenoxy) is 1. The summed E-state index contributed by atoms with van der Waals surface area (Å²) in [6, 6.07) is -0.380. The third-order valence-corrected chi connectivity index (χ3v) is 4.07. The Morgan fingerprint density at radius 1 is 1.36 bits per heavy atom. The van der Waals surface area contributed by atoms with E-state index in [1.54, 1.807) is 20.8 Å². The minimum atomic E-state index is -3.52. The number of carbonyl (C=O) groups is 1. The van der Waals surface area contributed by atoms with E-state index in [1.807, 2.05) is 0 Å². The van der Waals surface area contributed by atoms with Gasteiger partial charge in [0, 0.05) is 12.0 Å². The molecule has 1 amide bonds. The molecule has 1 aliphatic carbocycles. The summed E-state index contributed by atoms with van der Waals surface area (Å²) in [5, 5.41) is 12.7. The first kappa shape index (κ1) is 19.2. The van der Waals surface area contributed by atoms with E-state index in [-0.39, 0.29) is 18.6 Å². The summed E-state index contributed by atoms with van der Waals surface area (Å²) in [5.74, 6) is -0.115. The zero-order chi connectivity index (χ0) is 17.0. The van der Waals surface area contributed by atoms with E-state index in [1.165, 1.54) is 0 Å². The number of amides is 1. The first-order chi connectivity index (χ1) is 9.98. The lowest BCUT2D eigenvalue weighted by Crippen LogP contribution is -2.45. The highest BCUT2D eigenvalue weighted by molar-refractivity contribution is 7.85. The number of carbonyl (C=O) groups excluding carboxylic acids is 1. The molecule has 3 atom stereocenters. The van der Waals surface area contributed by atoms with Crippen LogP contribution in [-0.2, 0) is 19.0 Å². The first-order valence-electron chi connectivity index (χ1n) is 7.50. The van der Waals surface area contributed by atoms with Gasteiger partial charge in [0.2, 0.25) is 0 Å². The molecule has 0 saturated heterocycles. The van der Waals surface area contributed by atoms with Gasteiger partial charge in [-0.25, -0.2) is 4.79 Å². The Kier molecular flexibility index (Phi) is 6.64. The van der Waals surface area contributed by atoms with Crippen LogP contribution in [0.25, 0.3) is 0 Å². The summed E-state index contributed by atoms with van der Waals surface area (Å²) in [5.41, 5.74) is -0.619. The third-order valence-electron chi connectivity index (χ3n) is 3.48. The van der Waals surface area contributed by atoms with Crippen molar-refractivity contribution in [3.05, 3.63) is 0 Å². The van der Waals surface area contributed by atoms with E-state index in [0.29, 0.717) is 12.8 Å². The van der Waals surface area contributed by atoms with Crippen LogP contribution in [0, 0.1) is 5.92 Å². The topological polar surface area (TPSA) is 102 Å². The molecule has 1 rings (SSSR count). The zero-order valence-corrected chi connectivity index (χ0v) is 14.5. The van der Waals surface area contributed by atoms with E-state index >= 15 is 0 Å². The number of alkyl carbamates (subject to hydrolysis) is 1. The molecule has 8 heteroatoms. The maximum absolute atomic E-state index is 11.9. The second kappa shape index (κ2) is 7.61. The van der Waals surface area contributed by atoms with Crippen LogP contribution < -0.4 is 5.32 Å².